The Morgan fingerprint density at radius 1 is 1.40 bits per heavy atom. The van der Waals surface area contributed by atoms with Crippen LogP contribution in [-0.4, -0.2) is 10.7 Å². The molecule has 0 amide bonds. The molecule has 0 aliphatic heterocycles. The lowest BCUT2D eigenvalue weighted by Gasteiger charge is -2.52. The van der Waals surface area contributed by atoms with Crippen molar-refractivity contribution in [2.24, 2.45) is 5.92 Å². The van der Waals surface area contributed by atoms with Crippen molar-refractivity contribution in [1.82, 2.24) is 0 Å². The fourth-order valence-corrected chi connectivity index (χ4v) is 3.14. The molecule has 1 fully saturated rings. The van der Waals surface area contributed by atoms with Crippen LogP contribution in [0.3, 0.4) is 0 Å². The molecule has 0 radical (unpaired) electrons. The molecule has 2 aliphatic carbocycles. The molecule has 15 heavy (non-hydrogen) atoms. The highest BCUT2D eigenvalue weighted by molar-refractivity contribution is 5.40. The highest BCUT2D eigenvalue weighted by Gasteiger charge is 2.55. The van der Waals surface area contributed by atoms with E-state index in [0.29, 0.717) is 6.42 Å². The van der Waals surface area contributed by atoms with E-state index in [-0.39, 0.29) is 11.8 Å². The van der Waals surface area contributed by atoms with E-state index in [9.17, 15) is 5.11 Å². The predicted molar refractivity (Wildman–Crippen MR) is 56.2 cm³/mol. The van der Waals surface area contributed by atoms with Gasteiger partial charge in [0.15, 0.2) is 0 Å². The van der Waals surface area contributed by atoms with Crippen LogP contribution in [0.4, 0.5) is 0 Å². The van der Waals surface area contributed by atoms with Gasteiger partial charge in [0.25, 0.3) is 0 Å². The summed E-state index contributed by atoms with van der Waals surface area (Å²) in [7, 11) is 0. The first-order valence-electron chi connectivity index (χ1n) is 5.44. The molecule has 3 atom stereocenters. The summed E-state index contributed by atoms with van der Waals surface area (Å²) in [6.07, 6.45) is 2.41. The molecule has 2 aliphatic rings. The summed E-state index contributed by atoms with van der Waals surface area (Å²) in [5, 5.41) is 19.3. The Hall–Kier alpha value is -1.33. The Bertz CT molecular complexity index is 448. The third kappa shape index (κ3) is 1.07. The van der Waals surface area contributed by atoms with Crippen molar-refractivity contribution in [2.75, 3.05) is 0 Å². The van der Waals surface area contributed by atoms with Gasteiger partial charge in [0.2, 0.25) is 0 Å². The zero-order valence-electron chi connectivity index (χ0n) is 8.48. The van der Waals surface area contributed by atoms with Gasteiger partial charge in [0.1, 0.15) is 0 Å². The normalized spacial score (nSPS) is 37.1. The van der Waals surface area contributed by atoms with Gasteiger partial charge in [-0.25, -0.2) is 0 Å². The highest BCUT2D eigenvalue weighted by Crippen LogP contribution is 2.55. The molecule has 3 rings (SSSR count). The van der Waals surface area contributed by atoms with E-state index < -0.39 is 5.60 Å². The van der Waals surface area contributed by atoms with Crippen LogP contribution in [0.25, 0.3) is 0 Å². The molecule has 76 valence electrons. The predicted octanol–water partition coefficient (Wildman–Crippen LogP) is 1.99. The van der Waals surface area contributed by atoms with Crippen molar-refractivity contribution in [1.29, 1.82) is 5.26 Å². The van der Waals surface area contributed by atoms with E-state index >= 15 is 0 Å². The fourth-order valence-electron chi connectivity index (χ4n) is 3.14. The molecule has 2 nitrogen and oxygen atoms in total. The zero-order chi connectivity index (χ0) is 10.5. The summed E-state index contributed by atoms with van der Waals surface area (Å²) in [5.41, 5.74) is 1.92. The zero-order valence-corrected chi connectivity index (χ0v) is 8.48. The van der Waals surface area contributed by atoms with Gasteiger partial charge in [-0.15, -0.1) is 0 Å². The first-order chi connectivity index (χ1) is 7.24. The van der Waals surface area contributed by atoms with Crippen molar-refractivity contribution >= 4 is 0 Å². The molecular weight excluding hydrogens is 186 g/mol. The third-order valence-electron chi connectivity index (χ3n) is 3.94. The minimum atomic E-state index is -0.589. The van der Waals surface area contributed by atoms with Gasteiger partial charge in [-0.05, 0) is 30.4 Å². The van der Waals surface area contributed by atoms with Crippen molar-refractivity contribution < 1.29 is 5.11 Å². The molecule has 1 saturated carbocycles. The summed E-state index contributed by atoms with van der Waals surface area (Å²) >= 11 is 0. The van der Waals surface area contributed by atoms with Gasteiger partial charge in [0.05, 0.1) is 17.6 Å². The van der Waals surface area contributed by atoms with E-state index in [1.165, 1.54) is 11.1 Å². The number of aliphatic hydroxyl groups is 1. The van der Waals surface area contributed by atoms with Crippen molar-refractivity contribution in [3.63, 3.8) is 0 Å². The molecule has 0 aromatic heterocycles. The minimum absolute atomic E-state index is 0.0106. The van der Waals surface area contributed by atoms with Crippen molar-refractivity contribution in [3.05, 3.63) is 35.4 Å². The smallest absolute Gasteiger partial charge is 0.0744 e. The highest BCUT2D eigenvalue weighted by atomic mass is 16.3. The Labute approximate surface area is 89.2 Å². The molecule has 0 bridgehead atoms. The largest absolute Gasteiger partial charge is 0.389 e. The number of nitriles is 1. The first-order valence-corrected chi connectivity index (χ1v) is 5.44. The van der Waals surface area contributed by atoms with Gasteiger partial charge in [-0.3, -0.25) is 0 Å². The Morgan fingerprint density at radius 2 is 2.20 bits per heavy atom. The number of aryl methyl sites for hydroxylation is 1. The molecule has 0 spiro atoms. The fraction of sp³-hybridized carbons (Fsp3) is 0.462. The van der Waals surface area contributed by atoms with Gasteiger partial charge < -0.3 is 5.11 Å². The van der Waals surface area contributed by atoms with Crippen LogP contribution < -0.4 is 0 Å². The van der Waals surface area contributed by atoms with E-state index in [1.54, 1.807) is 0 Å². The lowest BCUT2D eigenvalue weighted by atomic mass is 9.54. The molecule has 0 saturated heterocycles. The average molecular weight is 199 g/mol. The third-order valence-corrected chi connectivity index (χ3v) is 3.94. The monoisotopic (exact) mass is 199 g/mol. The van der Waals surface area contributed by atoms with Crippen molar-refractivity contribution in [3.8, 4) is 6.07 Å². The average Bonchev–Trinajstić information content (AvgIpc) is 2.23. The molecule has 1 N–H and O–H groups in total. The standard InChI is InChI=1S/C13H13NO/c14-8-10-7-13(15)6-5-9-3-1-2-4-11(9)12(10)13/h1-4,10,12,15H,5-7H2/t10-,12+,13-/m1/s1. The van der Waals surface area contributed by atoms with E-state index in [0.717, 1.165) is 12.8 Å². The maximum absolute atomic E-state index is 10.3. The van der Waals surface area contributed by atoms with Gasteiger partial charge in [0, 0.05) is 5.92 Å². The van der Waals surface area contributed by atoms with Gasteiger partial charge in [-0.2, -0.15) is 5.26 Å². The second-order valence-electron chi connectivity index (χ2n) is 4.72. The van der Waals surface area contributed by atoms with Crippen LogP contribution in [0.1, 0.15) is 29.9 Å². The molecular formula is C13H13NO. The molecule has 2 heteroatoms. The quantitative estimate of drug-likeness (QED) is 0.694. The van der Waals surface area contributed by atoms with Crippen LogP contribution in [-0.2, 0) is 6.42 Å². The lowest BCUT2D eigenvalue weighted by molar-refractivity contribution is -0.0944. The second-order valence-corrected chi connectivity index (χ2v) is 4.72. The number of hydrogen-bond acceptors (Lipinski definition) is 2. The van der Waals surface area contributed by atoms with Gasteiger partial charge >= 0.3 is 0 Å². The first kappa shape index (κ1) is 8.94. The topological polar surface area (TPSA) is 44.0 Å². The van der Waals surface area contributed by atoms with Crippen LogP contribution >= 0.6 is 0 Å². The van der Waals surface area contributed by atoms with Gasteiger partial charge in [-0.1, -0.05) is 24.3 Å². The summed E-state index contributed by atoms with van der Waals surface area (Å²) in [6, 6.07) is 10.5. The summed E-state index contributed by atoms with van der Waals surface area (Å²) in [4.78, 5) is 0. The second kappa shape index (κ2) is 2.84. The van der Waals surface area contributed by atoms with Crippen molar-refractivity contribution in [2.45, 2.75) is 30.8 Å². The van der Waals surface area contributed by atoms with E-state index in [2.05, 4.69) is 18.2 Å². The minimum Gasteiger partial charge on any atom is -0.389 e. The maximum atomic E-state index is 10.3. The van der Waals surface area contributed by atoms with E-state index in [1.807, 2.05) is 12.1 Å². The Kier molecular flexibility index (Phi) is 1.69. The van der Waals surface area contributed by atoms with E-state index in [4.69, 9.17) is 5.26 Å². The molecule has 0 unspecified atom stereocenters. The molecule has 1 aromatic carbocycles. The number of nitrogens with zero attached hydrogens (tertiary/aromatic N) is 1. The summed E-state index contributed by atoms with van der Waals surface area (Å²) < 4.78 is 0. The summed E-state index contributed by atoms with van der Waals surface area (Å²) in [5.74, 6) is 0.0731. The van der Waals surface area contributed by atoms with Crippen LogP contribution in [0.15, 0.2) is 24.3 Å². The SMILES string of the molecule is N#C[C@H]1C[C@]2(O)CCc3ccccc3[C@H]12. The van der Waals surface area contributed by atoms with Crippen LogP contribution in [0, 0.1) is 17.2 Å². The Morgan fingerprint density at radius 3 is 3.00 bits per heavy atom. The number of rotatable bonds is 0. The lowest BCUT2D eigenvalue weighted by Crippen LogP contribution is -2.54. The van der Waals surface area contributed by atoms with Crippen LogP contribution in [0.2, 0.25) is 0 Å². The van der Waals surface area contributed by atoms with Crippen LogP contribution in [0.5, 0.6) is 0 Å². The maximum Gasteiger partial charge on any atom is 0.0744 e. The number of fused-ring (bicyclic) bond motifs is 3. The Balaban J connectivity index is 2.08. The number of hydrogen-bond donors (Lipinski definition) is 1. The molecule has 1 aromatic rings. The summed E-state index contributed by atoms with van der Waals surface area (Å²) in [6.45, 7) is 0. The molecule has 0 heterocycles. The number of benzene rings is 1.